The monoisotopic (exact) mass is 355 g/mol. The number of piperazine rings is 1. The number of benzene rings is 2. The van der Waals surface area contributed by atoms with E-state index in [0.717, 1.165) is 13.1 Å². The number of amides is 2. The second kappa shape index (κ2) is 7.36. The van der Waals surface area contributed by atoms with Crippen LogP contribution >= 0.6 is 0 Å². The minimum Gasteiger partial charge on any atom is -0.368 e. The third kappa shape index (κ3) is 4.15. The molecule has 0 aromatic heterocycles. The predicted molar refractivity (Wildman–Crippen MR) is 104 cm³/mol. The van der Waals surface area contributed by atoms with Gasteiger partial charge in [0.15, 0.2) is 0 Å². The summed E-state index contributed by atoms with van der Waals surface area (Å²) in [6.07, 6.45) is 0. The van der Waals surface area contributed by atoms with Crippen LogP contribution in [0.2, 0.25) is 0 Å². The number of carbonyl (C=O) groups excluding carboxylic acids is 1. The van der Waals surface area contributed by atoms with Gasteiger partial charge in [-0.2, -0.15) is 0 Å². The van der Waals surface area contributed by atoms with Gasteiger partial charge in [-0.25, -0.2) is 9.18 Å². The third-order valence-electron chi connectivity index (χ3n) is 4.72. The van der Waals surface area contributed by atoms with Crippen molar-refractivity contribution in [2.45, 2.75) is 26.2 Å². The number of rotatable bonds is 2. The smallest absolute Gasteiger partial charge is 0.321 e. The van der Waals surface area contributed by atoms with Crippen molar-refractivity contribution in [2.75, 3.05) is 36.4 Å². The average molecular weight is 355 g/mol. The van der Waals surface area contributed by atoms with Crippen molar-refractivity contribution in [3.63, 3.8) is 0 Å². The largest absolute Gasteiger partial charge is 0.368 e. The highest BCUT2D eigenvalue weighted by molar-refractivity contribution is 5.89. The summed E-state index contributed by atoms with van der Waals surface area (Å²) in [5, 5.41) is 2.83. The Morgan fingerprint density at radius 3 is 2.19 bits per heavy atom. The van der Waals surface area contributed by atoms with Crippen LogP contribution in [0, 0.1) is 5.82 Å². The van der Waals surface area contributed by atoms with Gasteiger partial charge >= 0.3 is 6.03 Å². The lowest BCUT2D eigenvalue weighted by molar-refractivity contribution is 0.208. The van der Waals surface area contributed by atoms with Gasteiger partial charge in [0, 0.05) is 37.6 Å². The van der Waals surface area contributed by atoms with Crippen molar-refractivity contribution in [1.29, 1.82) is 0 Å². The Balaban J connectivity index is 1.63. The molecule has 138 valence electrons. The summed E-state index contributed by atoms with van der Waals surface area (Å²) in [4.78, 5) is 16.6. The molecule has 5 heteroatoms. The number of nitrogens with one attached hydrogen (secondary N) is 1. The maximum Gasteiger partial charge on any atom is 0.321 e. The van der Waals surface area contributed by atoms with Crippen LogP contribution in [0.3, 0.4) is 0 Å². The zero-order valence-electron chi connectivity index (χ0n) is 15.6. The molecule has 1 N–H and O–H groups in total. The Labute approximate surface area is 154 Å². The molecule has 0 unspecified atom stereocenters. The summed E-state index contributed by atoms with van der Waals surface area (Å²) in [5.41, 5.74) is 3.26. The van der Waals surface area contributed by atoms with Crippen LogP contribution < -0.4 is 10.2 Å². The van der Waals surface area contributed by atoms with E-state index in [1.54, 1.807) is 17.0 Å². The van der Waals surface area contributed by atoms with Crippen molar-refractivity contribution < 1.29 is 9.18 Å². The summed E-state index contributed by atoms with van der Waals surface area (Å²) in [7, 11) is 0. The topological polar surface area (TPSA) is 35.6 Å². The summed E-state index contributed by atoms with van der Waals surface area (Å²) in [6.45, 7) is 9.57. The molecule has 0 bridgehead atoms. The van der Waals surface area contributed by atoms with Gasteiger partial charge in [0.25, 0.3) is 0 Å². The van der Waals surface area contributed by atoms with Crippen molar-refractivity contribution >= 4 is 17.4 Å². The molecule has 0 radical (unpaired) electrons. The molecule has 3 rings (SSSR count). The fraction of sp³-hybridized carbons (Fsp3) is 0.381. The average Bonchev–Trinajstić information content (AvgIpc) is 2.63. The minimum absolute atomic E-state index is 0.0771. The zero-order chi connectivity index (χ0) is 18.7. The van der Waals surface area contributed by atoms with E-state index in [1.165, 1.54) is 23.4 Å². The van der Waals surface area contributed by atoms with Gasteiger partial charge in [0.05, 0.1) is 0 Å². The summed E-state index contributed by atoms with van der Waals surface area (Å²) < 4.78 is 13.0. The number of halogens is 1. The Hall–Kier alpha value is -2.56. The van der Waals surface area contributed by atoms with E-state index in [-0.39, 0.29) is 17.3 Å². The van der Waals surface area contributed by atoms with Crippen LogP contribution in [0.15, 0.2) is 48.5 Å². The van der Waals surface area contributed by atoms with Crippen LogP contribution in [0.1, 0.15) is 26.3 Å². The molecule has 1 aliphatic rings. The number of nitrogens with zero attached hydrogens (tertiary/aromatic N) is 2. The Morgan fingerprint density at radius 1 is 0.962 bits per heavy atom. The maximum absolute atomic E-state index is 13.0. The van der Waals surface area contributed by atoms with Crippen LogP contribution in [0.5, 0.6) is 0 Å². The zero-order valence-corrected chi connectivity index (χ0v) is 15.6. The quantitative estimate of drug-likeness (QED) is 0.862. The third-order valence-corrected chi connectivity index (χ3v) is 4.72. The molecule has 2 aromatic carbocycles. The van der Waals surface area contributed by atoms with E-state index in [1.807, 2.05) is 0 Å². The number of hydrogen-bond donors (Lipinski definition) is 1. The standard InChI is InChI=1S/C21H26FN3O/c1-21(2,3)18-6-4-5-7-19(18)24-12-14-25(15-13-24)20(26)23-17-10-8-16(22)9-11-17/h4-11H,12-15H2,1-3H3,(H,23,26). The lowest BCUT2D eigenvalue weighted by Gasteiger charge is -2.38. The van der Waals surface area contributed by atoms with E-state index in [9.17, 15) is 9.18 Å². The highest BCUT2D eigenvalue weighted by Gasteiger charge is 2.25. The summed E-state index contributed by atoms with van der Waals surface area (Å²) in [6, 6.07) is 14.2. The first-order valence-electron chi connectivity index (χ1n) is 9.00. The number of para-hydroxylation sites is 1. The molecule has 2 aromatic rings. The normalized spacial score (nSPS) is 15.1. The van der Waals surface area contributed by atoms with Crippen LogP contribution in [-0.2, 0) is 5.41 Å². The first kappa shape index (κ1) is 18.2. The van der Waals surface area contributed by atoms with Crippen molar-refractivity contribution in [1.82, 2.24) is 4.90 Å². The Kier molecular flexibility index (Phi) is 5.16. The summed E-state index contributed by atoms with van der Waals surface area (Å²) >= 11 is 0. The molecule has 1 heterocycles. The Bertz CT molecular complexity index is 760. The van der Waals surface area contributed by atoms with Crippen molar-refractivity contribution in [3.8, 4) is 0 Å². The van der Waals surface area contributed by atoms with E-state index in [0.29, 0.717) is 18.8 Å². The van der Waals surface area contributed by atoms with Crippen LogP contribution in [0.4, 0.5) is 20.6 Å². The molecular weight excluding hydrogens is 329 g/mol. The SMILES string of the molecule is CC(C)(C)c1ccccc1N1CCN(C(=O)Nc2ccc(F)cc2)CC1. The summed E-state index contributed by atoms with van der Waals surface area (Å²) in [5.74, 6) is -0.311. The first-order chi connectivity index (χ1) is 12.3. The lowest BCUT2D eigenvalue weighted by Crippen LogP contribution is -2.50. The molecule has 4 nitrogen and oxygen atoms in total. The van der Waals surface area contributed by atoms with Gasteiger partial charge in [-0.15, -0.1) is 0 Å². The van der Waals surface area contributed by atoms with Crippen LogP contribution in [-0.4, -0.2) is 37.1 Å². The van der Waals surface area contributed by atoms with Gasteiger partial charge in [0.1, 0.15) is 5.82 Å². The van der Waals surface area contributed by atoms with E-state index in [2.05, 4.69) is 55.3 Å². The highest BCUT2D eigenvalue weighted by Crippen LogP contribution is 2.32. The molecular formula is C21H26FN3O. The molecule has 0 aliphatic carbocycles. The van der Waals surface area contributed by atoms with Crippen molar-refractivity contribution in [3.05, 3.63) is 59.9 Å². The van der Waals surface area contributed by atoms with Gasteiger partial charge < -0.3 is 15.1 Å². The van der Waals surface area contributed by atoms with E-state index >= 15 is 0 Å². The molecule has 0 spiro atoms. The van der Waals surface area contributed by atoms with E-state index in [4.69, 9.17) is 0 Å². The van der Waals surface area contributed by atoms with Gasteiger partial charge in [-0.1, -0.05) is 39.0 Å². The molecule has 0 saturated carbocycles. The maximum atomic E-state index is 13.0. The molecule has 1 fully saturated rings. The van der Waals surface area contributed by atoms with Crippen molar-refractivity contribution in [2.24, 2.45) is 0 Å². The highest BCUT2D eigenvalue weighted by atomic mass is 19.1. The van der Waals surface area contributed by atoms with Gasteiger partial charge in [-0.05, 0) is 41.3 Å². The minimum atomic E-state index is -0.311. The van der Waals surface area contributed by atoms with Gasteiger partial charge in [-0.3, -0.25) is 0 Å². The lowest BCUT2D eigenvalue weighted by atomic mass is 9.85. The second-order valence-corrected chi connectivity index (χ2v) is 7.68. The fourth-order valence-corrected chi connectivity index (χ4v) is 3.27. The number of urea groups is 1. The van der Waals surface area contributed by atoms with Gasteiger partial charge in [0.2, 0.25) is 0 Å². The number of anilines is 2. The molecule has 2 amide bonds. The molecule has 26 heavy (non-hydrogen) atoms. The predicted octanol–water partition coefficient (Wildman–Crippen LogP) is 4.48. The Morgan fingerprint density at radius 2 is 1.58 bits per heavy atom. The van der Waals surface area contributed by atoms with E-state index < -0.39 is 0 Å². The number of hydrogen-bond acceptors (Lipinski definition) is 2. The fourth-order valence-electron chi connectivity index (χ4n) is 3.27. The van der Waals surface area contributed by atoms with Crippen LogP contribution in [0.25, 0.3) is 0 Å². The molecule has 0 atom stereocenters. The number of carbonyl (C=O) groups is 1. The second-order valence-electron chi connectivity index (χ2n) is 7.68. The molecule has 1 saturated heterocycles. The first-order valence-corrected chi connectivity index (χ1v) is 9.00. The molecule has 1 aliphatic heterocycles.